The van der Waals surface area contributed by atoms with Gasteiger partial charge in [-0.3, -0.25) is 0 Å². The second-order valence-corrected chi connectivity index (χ2v) is 5.39. The lowest BCUT2D eigenvalue weighted by Crippen LogP contribution is -2.50. The summed E-state index contributed by atoms with van der Waals surface area (Å²) in [6, 6.07) is 0. The van der Waals surface area contributed by atoms with Crippen LogP contribution in [0.2, 0.25) is 0 Å². The molecule has 0 aliphatic carbocycles. The first-order valence-electron chi connectivity index (χ1n) is 7.07. The molecule has 24 heavy (non-hydrogen) atoms. The fraction of sp³-hybridized carbons (Fsp3) is 0.615. The molecule has 0 aromatic rings. The predicted molar refractivity (Wildman–Crippen MR) is 66.5 cm³/mol. The summed E-state index contributed by atoms with van der Waals surface area (Å²) in [4.78, 5) is 33.8. The van der Waals surface area contributed by atoms with E-state index in [1.165, 1.54) is 0 Å². The molecule has 11 nitrogen and oxygen atoms in total. The molecule has 11 heteroatoms. The van der Waals surface area contributed by atoms with Gasteiger partial charge in [0.15, 0.2) is 36.6 Å². The predicted octanol–water partition coefficient (Wildman–Crippen LogP) is 0.216. The Morgan fingerprint density at radius 3 is 1.62 bits per heavy atom. The van der Waals surface area contributed by atoms with E-state index in [0.29, 0.717) is 0 Å². The standard InChI is InChI=1S/C13H12O11/c1-4-19-7(5-2-17-11(14)21-5)9(20-4)10-8(23-13(16)24-10)6-3-18-12(15)22-6/h5-10H,1-3H2. The highest BCUT2D eigenvalue weighted by atomic mass is 16.8. The van der Waals surface area contributed by atoms with Crippen molar-refractivity contribution in [3.8, 4) is 0 Å². The SMILES string of the molecule is C=C1OC(C2COC(=O)O2)C(C2OC(=O)OC2C2COC(=O)O2)O1. The molecule has 0 bridgehead atoms. The Bertz CT molecular complexity index is 549. The first-order chi connectivity index (χ1) is 11.5. The van der Waals surface area contributed by atoms with Crippen LogP contribution < -0.4 is 0 Å². The van der Waals surface area contributed by atoms with Gasteiger partial charge in [-0.1, -0.05) is 0 Å². The molecular weight excluding hydrogens is 332 g/mol. The number of hydrogen-bond acceptors (Lipinski definition) is 11. The summed E-state index contributed by atoms with van der Waals surface area (Å²) in [6.45, 7) is 3.40. The van der Waals surface area contributed by atoms with Crippen molar-refractivity contribution in [3.63, 3.8) is 0 Å². The largest absolute Gasteiger partial charge is 0.509 e. The Morgan fingerprint density at radius 2 is 1.08 bits per heavy atom. The molecule has 0 saturated carbocycles. The summed E-state index contributed by atoms with van der Waals surface area (Å²) < 4.78 is 40.5. The van der Waals surface area contributed by atoms with E-state index in [1.807, 2.05) is 0 Å². The maximum absolute atomic E-state index is 11.6. The van der Waals surface area contributed by atoms with E-state index >= 15 is 0 Å². The lowest BCUT2D eigenvalue weighted by Gasteiger charge is -2.26. The Hall–Kier alpha value is -2.85. The highest BCUT2D eigenvalue weighted by Crippen LogP contribution is 2.36. The summed E-state index contributed by atoms with van der Waals surface area (Å²) >= 11 is 0. The highest BCUT2D eigenvalue weighted by Gasteiger charge is 2.58. The van der Waals surface area contributed by atoms with Crippen LogP contribution in [0.1, 0.15) is 0 Å². The molecule has 6 atom stereocenters. The van der Waals surface area contributed by atoms with Crippen molar-refractivity contribution in [2.75, 3.05) is 13.2 Å². The van der Waals surface area contributed by atoms with Crippen LogP contribution >= 0.6 is 0 Å². The zero-order valence-corrected chi connectivity index (χ0v) is 12.1. The molecule has 0 aromatic carbocycles. The molecule has 4 aliphatic heterocycles. The van der Waals surface area contributed by atoms with Gasteiger partial charge in [0.2, 0.25) is 0 Å². The molecule has 4 heterocycles. The Balaban J connectivity index is 1.55. The summed E-state index contributed by atoms with van der Waals surface area (Å²) in [6.07, 6.45) is -7.97. The molecule has 0 spiro atoms. The van der Waals surface area contributed by atoms with Crippen LogP contribution in [0.3, 0.4) is 0 Å². The van der Waals surface area contributed by atoms with Crippen molar-refractivity contribution >= 4 is 18.5 Å². The third-order valence-corrected chi connectivity index (χ3v) is 3.93. The van der Waals surface area contributed by atoms with Gasteiger partial charge < -0.3 is 37.9 Å². The van der Waals surface area contributed by atoms with Crippen molar-refractivity contribution in [2.24, 2.45) is 0 Å². The van der Waals surface area contributed by atoms with E-state index in [0.717, 1.165) is 0 Å². The van der Waals surface area contributed by atoms with E-state index in [1.54, 1.807) is 0 Å². The number of hydrogen-bond donors (Lipinski definition) is 0. The maximum Gasteiger partial charge on any atom is 0.509 e. The zero-order chi connectivity index (χ0) is 16.8. The van der Waals surface area contributed by atoms with Crippen molar-refractivity contribution in [1.29, 1.82) is 0 Å². The zero-order valence-electron chi connectivity index (χ0n) is 12.1. The molecule has 4 rings (SSSR count). The van der Waals surface area contributed by atoms with Gasteiger partial charge in [-0.05, 0) is 6.58 Å². The molecule has 130 valence electrons. The van der Waals surface area contributed by atoms with E-state index in [2.05, 4.69) is 6.58 Å². The smallest absolute Gasteiger partial charge is 0.454 e. The fourth-order valence-electron chi connectivity index (χ4n) is 2.94. The lowest BCUT2D eigenvalue weighted by molar-refractivity contribution is -0.0496. The van der Waals surface area contributed by atoms with Gasteiger partial charge in [-0.2, -0.15) is 0 Å². The molecule has 6 unspecified atom stereocenters. The average Bonchev–Trinajstić information content (AvgIpc) is 3.26. The van der Waals surface area contributed by atoms with Gasteiger partial charge in [0.25, 0.3) is 5.95 Å². The normalized spacial score (nSPS) is 40.7. The average molecular weight is 344 g/mol. The van der Waals surface area contributed by atoms with Gasteiger partial charge in [0, 0.05) is 0 Å². The maximum atomic E-state index is 11.6. The highest BCUT2D eigenvalue weighted by molar-refractivity contribution is 5.65. The van der Waals surface area contributed by atoms with Gasteiger partial charge in [-0.25, -0.2) is 14.4 Å². The molecule has 0 radical (unpaired) electrons. The summed E-state index contributed by atoms with van der Waals surface area (Å²) in [5, 5.41) is 0. The number of rotatable bonds is 3. The van der Waals surface area contributed by atoms with Gasteiger partial charge in [-0.15, -0.1) is 0 Å². The first kappa shape index (κ1) is 14.7. The van der Waals surface area contributed by atoms with Gasteiger partial charge in [0.05, 0.1) is 0 Å². The van der Waals surface area contributed by atoms with Crippen LogP contribution in [-0.2, 0) is 37.9 Å². The van der Waals surface area contributed by atoms with Gasteiger partial charge >= 0.3 is 18.5 Å². The van der Waals surface area contributed by atoms with E-state index in [4.69, 9.17) is 37.9 Å². The molecule has 4 aliphatic rings. The van der Waals surface area contributed by atoms with Crippen LogP contribution in [-0.4, -0.2) is 68.3 Å². The molecule has 0 N–H and O–H groups in total. The lowest BCUT2D eigenvalue weighted by atomic mass is 9.97. The quantitative estimate of drug-likeness (QED) is 0.515. The third kappa shape index (κ3) is 2.41. The van der Waals surface area contributed by atoms with Crippen molar-refractivity contribution in [1.82, 2.24) is 0 Å². The molecule has 4 fully saturated rings. The van der Waals surface area contributed by atoms with Gasteiger partial charge in [0.1, 0.15) is 13.2 Å². The second kappa shape index (κ2) is 5.35. The molecular formula is C13H12O11. The molecule has 0 amide bonds. The van der Waals surface area contributed by atoms with Crippen LogP contribution in [0.5, 0.6) is 0 Å². The van der Waals surface area contributed by atoms with Crippen LogP contribution in [0.4, 0.5) is 14.4 Å². The van der Waals surface area contributed by atoms with Crippen molar-refractivity contribution in [3.05, 3.63) is 12.5 Å². The van der Waals surface area contributed by atoms with Crippen molar-refractivity contribution < 1.29 is 52.3 Å². The Morgan fingerprint density at radius 1 is 0.625 bits per heavy atom. The number of carbonyl (C=O) groups excluding carboxylic acids is 3. The summed E-state index contributed by atoms with van der Waals surface area (Å²) in [5.74, 6) is -0.0330. The topological polar surface area (TPSA) is 125 Å². The summed E-state index contributed by atoms with van der Waals surface area (Å²) in [7, 11) is 0. The number of ether oxygens (including phenoxy) is 8. The minimum absolute atomic E-state index is 0.0330. The van der Waals surface area contributed by atoms with E-state index in [-0.39, 0.29) is 19.2 Å². The Labute approximate surface area is 134 Å². The Kier molecular flexibility index (Phi) is 3.28. The van der Waals surface area contributed by atoms with E-state index in [9.17, 15) is 14.4 Å². The van der Waals surface area contributed by atoms with E-state index < -0.39 is 55.1 Å². The minimum Gasteiger partial charge on any atom is -0.454 e. The number of carbonyl (C=O) groups is 3. The van der Waals surface area contributed by atoms with Crippen LogP contribution in [0, 0.1) is 0 Å². The number of cyclic esters (lactones) is 6. The first-order valence-corrected chi connectivity index (χ1v) is 7.07. The summed E-state index contributed by atoms with van der Waals surface area (Å²) in [5.41, 5.74) is 0. The minimum atomic E-state index is -0.986. The van der Waals surface area contributed by atoms with Crippen molar-refractivity contribution in [2.45, 2.75) is 36.6 Å². The molecule has 0 aromatic heterocycles. The van der Waals surface area contributed by atoms with Crippen LogP contribution in [0.25, 0.3) is 0 Å². The third-order valence-electron chi connectivity index (χ3n) is 3.93. The molecule has 4 saturated heterocycles. The fourth-order valence-corrected chi connectivity index (χ4v) is 2.94. The van der Waals surface area contributed by atoms with Crippen LogP contribution in [0.15, 0.2) is 12.5 Å². The monoisotopic (exact) mass is 344 g/mol. The second-order valence-electron chi connectivity index (χ2n) is 5.39.